The van der Waals surface area contributed by atoms with Crippen LogP contribution in [0.1, 0.15) is 39.5 Å². The van der Waals surface area contributed by atoms with Crippen molar-refractivity contribution in [1.29, 1.82) is 5.26 Å². The fourth-order valence-electron chi connectivity index (χ4n) is 4.64. The van der Waals surface area contributed by atoms with E-state index in [4.69, 9.17) is 5.26 Å². The molecule has 3 fully saturated rings. The predicted octanol–water partition coefficient (Wildman–Crippen LogP) is 2.43. The molecule has 3 aliphatic rings. The Kier molecular flexibility index (Phi) is 2.84. The molecule has 3 nitrogen and oxygen atoms in total. The van der Waals surface area contributed by atoms with Crippen molar-refractivity contribution in [2.24, 2.45) is 29.6 Å². The topological polar surface area (TPSA) is 44.1 Å². The van der Waals surface area contributed by atoms with Gasteiger partial charge in [-0.2, -0.15) is 5.26 Å². The Morgan fingerprint density at radius 3 is 2.44 bits per heavy atom. The van der Waals surface area contributed by atoms with Crippen LogP contribution in [-0.4, -0.2) is 23.4 Å². The molecule has 0 aromatic rings. The van der Waals surface area contributed by atoms with Crippen molar-refractivity contribution in [2.75, 3.05) is 6.54 Å². The summed E-state index contributed by atoms with van der Waals surface area (Å²) in [4.78, 5) is 14.5. The highest BCUT2D eigenvalue weighted by Gasteiger charge is 2.68. The van der Waals surface area contributed by atoms with E-state index in [9.17, 15) is 4.79 Å². The number of fused-ring (bicyclic) bond motifs is 5. The van der Waals surface area contributed by atoms with Crippen LogP contribution in [0.15, 0.2) is 0 Å². The third-order valence-electron chi connectivity index (χ3n) is 5.39. The standard InChI is InChI=1S/C15H22N2O/c1-9(2)17(7-3-6-16)15(18)14-12-10-4-5-11(8-10)13(12)14/h9-14H,3-5,7-8H2,1-2H3. The molecule has 1 amide bonds. The maximum Gasteiger partial charge on any atom is 0.226 e. The van der Waals surface area contributed by atoms with Crippen molar-refractivity contribution in [3.63, 3.8) is 0 Å². The molecular formula is C15H22N2O. The zero-order valence-corrected chi connectivity index (χ0v) is 11.3. The first kappa shape index (κ1) is 12.0. The van der Waals surface area contributed by atoms with E-state index >= 15 is 0 Å². The number of carbonyl (C=O) groups is 1. The number of amides is 1. The van der Waals surface area contributed by atoms with Crippen molar-refractivity contribution in [3.8, 4) is 6.07 Å². The number of nitrogens with zero attached hydrogens (tertiary/aromatic N) is 2. The van der Waals surface area contributed by atoms with Gasteiger partial charge < -0.3 is 4.90 Å². The van der Waals surface area contributed by atoms with Crippen LogP contribution in [0.3, 0.4) is 0 Å². The van der Waals surface area contributed by atoms with E-state index in [0.717, 1.165) is 11.8 Å². The van der Waals surface area contributed by atoms with E-state index in [2.05, 4.69) is 19.9 Å². The number of rotatable bonds is 4. The molecule has 0 heterocycles. The number of nitriles is 1. The maximum absolute atomic E-state index is 12.6. The number of hydrogen-bond donors (Lipinski definition) is 0. The Morgan fingerprint density at radius 2 is 1.94 bits per heavy atom. The van der Waals surface area contributed by atoms with Gasteiger partial charge in [0, 0.05) is 18.5 Å². The van der Waals surface area contributed by atoms with Crippen LogP contribution >= 0.6 is 0 Å². The summed E-state index contributed by atoms with van der Waals surface area (Å²) in [6, 6.07) is 2.38. The number of hydrogen-bond acceptors (Lipinski definition) is 2. The van der Waals surface area contributed by atoms with E-state index in [1.807, 2.05) is 4.90 Å². The Morgan fingerprint density at radius 1 is 1.33 bits per heavy atom. The first-order valence-electron chi connectivity index (χ1n) is 7.32. The third-order valence-corrected chi connectivity index (χ3v) is 5.39. The lowest BCUT2D eigenvalue weighted by Crippen LogP contribution is -2.39. The van der Waals surface area contributed by atoms with E-state index in [1.54, 1.807) is 0 Å². The van der Waals surface area contributed by atoms with Crippen molar-refractivity contribution in [3.05, 3.63) is 0 Å². The summed E-state index contributed by atoms with van der Waals surface area (Å²) in [5.41, 5.74) is 0. The quantitative estimate of drug-likeness (QED) is 0.764. The molecule has 3 rings (SSSR count). The highest BCUT2D eigenvalue weighted by atomic mass is 16.2. The zero-order chi connectivity index (χ0) is 12.9. The number of carbonyl (C=O) groups excluding carboxylic acids is 1. The average molecular weight is 246 g/mol. The van der Waals surface area contributed by atoms with Gasteiger partial charge in [-0.25, -0.2) is 0 Å². The summed E-state index contributed by atoms with van der Waals surface area (Å²) in [6.07, 6.45) is 4.56. The molecule has 3 aliphatic carbocycles. The minimum Gasteiger partial charge on any atom is -0.339 e. The largest absolute Gasteiger partial charge is 0.339 e. The summed E-state index contributed by atoms with van der Waals surface area (Å²) in [6.45, 7) is 4.72. The molecule has 18 heavy (non-hydrogen) atoms. The van der Waals surface area contributed by atoms with E-state index in [-0.39, 0.29) is 6.04 Å². The minimum atomic E-state index is 0.227. The molecule has 3 heteroatoms. The summed E-state index contributed by atoms with van der Waals surface area (Å²) in [5.74, 6) is 3.77. The van der Waals surface area contributed by atoms with Crippen LogP contribution in [0.2, 0.25) is 0 Å². The van der Waals surface area contributed by atoms with Crippen molar-refractivity contribution < 1.29 is 4.79 Å². The molecule has 0 aromatic heterocycles. The molecule has 0 N–H and O–H groups in total. The Bertz CT molecular complexity index is 382. The van der Waals surface area contributed by atoms with Gasteiger partial charge in [0.15, 0.2) is 0 Å². The van der Waals surface area contributed by atoms with Gasteiger partial charge in [0.25, 0.3) is 0 Å². The van der Waals surface area contributed by atoms with Gasteiger partial charge in [0.05, 0.1) is 12.5 Å². The lowest BCUT2D eigenvalue weighted by atomic mass is 10.0. The Hall–Kier alpha value is -1.04. The van der Waals surface area contributed by atoms with Crippen molar-refractivity contribution in [2.45, 2.75) is 45.6 Å². The van der Waals surface area contributed by atoms with E-state index < -0.39 is 0 Å². The maximum atomic E-state index is 12.6. The molecule has 0 saturated heterocycles. The highest BCUT2D eigenvalue weighted by Crippen LogP contribution is 2.69. The molecule has 98 valence electrons. The lowest BCUT2D eigenvalue weighted by molar-refractivity contribution is -0.135. The van der Waals surface area contributed by atoms with Gasteiger partial charge in [0.1, 0.15) is 0 Å². The fraction of sp³-hybridized carbons (Fsp3) is 0.867. The van der Waals surface area contributed by atoms with Crippen LogP contribution < -0.4 is 0 Å². The molecule has 0 aliphatic heterocycles. The molecule has 4 unspecified atom stereocenters. The second-order valence-corrected chi connectivity index (χ2v) is 6.55. The van der Waals surface area contributed by atoms with Gasteiger partial charge >= 0.3 is 0 Å². The second kappa shape index (κ2) is 4.26. The third kappa shape index (κ3) is 1.66. The Balaban J connectivity index is 1.66. The van der Waals surface area contributed by atoms with Gasteiger partial charge in [0.2, 0.25) is 5.91 Å². The molecular weight excluding hydrogens is 224 g/mol. The van der Waals surface area contributed by atoms with Gasteiger partial charge in [-0.05, 0) is 56.8 Å². The first-order valence-corrected chi connectivity index (χ1v) is 7.32. The smallest absolute Gasteiger partial charge is 0.226 e. The first-order chi connectivity index (χ1) is 8.65. The predicted molar refractivity (Wildman–Crippen MR) is 68.4 cm³/mol. The molecule has 2 bridgehead atoms. The minimum absolute atomic E-state index is 0.227. The zero-order valence-electron chi connectivity index (χ0n) is 11.3. The summed E-state index contributed by atoms with van der Waals surface area (Å²) in [7, 11) is 0. The van der Waals surface area contributed by atoms with Crippen LogP contribution in [-0.2, 0) is 4.79 Å². The molecule has 0 spiro atoms. The normalized spacial score (nSPS) is 39.6. The van der Waals surface area contributed by atoms with Crippen LogP contribution in [0.25, 0.3) is 0 Å². The van der Waals surface area contributed by atoms with Gasteiger partial charge in [-0.3, -0.25) is 4.79 Å². The molecule has 0 aromatic carbocycles. The molecule has 4 atom stereocenters. The van der Waals surface area contributed by atoms with Gasteiger partial charge in [-0.1, -0.05) is 0 Å². The molecule has 3 saturated carbocycles. The van der Waals surface area contributed by atoms with Crippen molar-refractivity contribution in [1.82, 2.24) is 4.90 Å². The van der Waals surface area contributed by atoms with Crippen molar-refractivity contribution >= 4 is 5.91 Å². The van der Waals surface area contributed by atoms with E-state index in [1.165, 1.54) is 19.3 Å². The summed E-state index contributed by atoms with van der Waals surface area (Å²) < 4.78 is 0. The van der Waals surface area contributed by atoms with E-state index in [0.29, 0.717) is 36.6 Å². The average Bonchev–Trinajstić information content (AvgIpc) is 2.78. The second-order valence-electron chi connectivity index (χ2n) is 6.55. The Labute approximate surface area is 109 Å². The van der Waals surface area contributed by atoms with Gasteiger partial charge in [-0.15, -0.1) is 0 Å². The fourth-order valence-corrected chi connectivity index (χ4v) is 4.64. The van der Waals surface area contributed by atoms with Crippen LogP contribution in [0.4, 0.5) is 0 Å². The monoisotopic (exact) mass is 246 g/mol. The molecule has 0 radical (unpaired) electrons. The summed E-state index contributed by atoms with van der Waals surface area (Å²) >= 11 is 0. The summed E-state index contributed by atoms with van der Waals surface area (Å²) in [5, 5.41) is 8.70. The highest BCUT2D eigenvalue weighted by molar-refractivity contribution is 5.83. The SMILES string of the molecule is CC(C)N(CCC#N)C(=O)C1C2C3CCC(C3)C12. The van der Waals surface area contributed by atoms with Crippen LogP contribution in [0.5, 0.6) is 0 Å². The van der Waals surface area contributed by atoms with Crippen LogP contribution in [0, 0.1) is 40.9 Å². The lowest BCUT2D eigenvalue weighted by Gasteiger charge is -2.27.